The van der Waals surface area contributed by atoms with Crippen molar-refractivity contribution in [3.05, 3.63) is 35.4 Å². The van der Waals surface area contributed by atoms with Crippen LogP contribution in [0.15, 0.2) is 24.3 Å². The molecule has 4 heteroatoms. The van der Waals surface area contributed by atoms with Crippen LogP contribution >= 0.6 is 11.8 Å². The van der Waals surface area contributed by atoms with Gasteiger partial charge in [-0.3, -0.25) is 4.79 Å². The molecule has 1 aliphatic rings. The number of rotatable bonds is 4. The molecule has 0 aliphatic carbocycles. The lowest BCUT2D eigenvalue weighted by molar-refractivity contribution is -0.132. The number of carbonyl (C=O) groups is 1. The van der Waals surface area contributed by atoms with E-state index in [-0.39, 0.29) is 5.91 Å². The molecule has 1 N–H and O–H groups in total. The van der Waals surface area contributed by atoms with E-state index in [4.69, 9.17) is 0 Å². The predicted molar refractivity (Wildman–Crippen MR) is 83.8 cm³/mol. The van der Waals surface area contributed by atoms with E-state index < -0.39 is 5.60 Å². The second-order valence-corrected chi connectivity index (χ2v) is 6.85. The first-order valence-corrected chi connectivity index (χ1v) is 8.25. The first-order valence-electron chi connectivity index (χ1n) is 7.10. The van der Waals surface area contributed by atoms with Crippen molar-refractivity contribution >= 4 is 17.7 Å². The molecule has 3 nitrogen and oxygen atoms in total. The molecule has 20 heavy (non-hydrogen) atoms. The Kier molecular flexibility index (Phi) is 5.11. The summed E-state index contributed by atoms with van der Waals surface area (Å²) < 4.78 is 0. The highest BCUT2D eigenvalue weighted by Gasteiger charge is 2.29. The van der Waals surface area contributed by atoms with E-state index in [0.717, 1.165) is 5.75 Å². The van der Waals surface area contributed by atoms with Crippen LogP contribution in [-0.4, -0.2) is 40.4 Å². The number of carbonyl (C=O) groups excluding carboxylic acids is 1. The number of aryl methyl sites for hydroxylation is 1. The van der Waals surface area contributed by atoms with Crippen LogP contribution in [0.25, 0.3) is 0 Å². The molecule has 1 amide bonds. The van der Waals surface area contributed by atoms with Gasteiger partial charge >= 0.3 is 0 Å². The lowest BCUT2D eigenvalue weighted by Gasteiger charge is -2.35. The fourth-order valence-corrected chi connectivity index (χ4v) is 3.26. The minimum Gasteiger partial charge on any atom is -0.390 e. The molecule has 0 atom stereocenters. The third kappa shape index (κ3) is 4.53. The molecule has 0 spiro atoms. The van der Waals surface area contributed by atoms with Crippen LogP contribution in [0.5, 0.6) is 0 Å². The van der Waals surface area contributed by atoms with E-state index in [0.29, 0.717) is 31.7 Å². The number of piperidine rings is 1. The van der Waals surface area contributed by atoms with Crippen molar-refractivity contribution in [2.75, 3.05) is 18.8 Å². The number of hydrogen-bond acceptors (Lipinski definition) is 3. The normalized spacial score (nSPS) is 18.1. The van der Waals surface area contributed by atoms with Gasteiger partial charge in [-0.05, 0) is 32.3 Å². The maximum Gasteiger partial charge on any atom is 0.232 e. The maximum absolute atomic E-state index is 12.1. The topological polar surface area (TPSA) is 40.5 Å². The standard InChI is InChI=1S/C16H23NO2S/c1-13-4-3-5-14(10-13)11-20-12-15(18)17-8-6-16(2,19)7-9-17/h3-5,10,19H,6-9,11-12H2,1-2H3. The van der Waals surface area contributed by atoms with Crippen LogP contribution in [0.4, 0.5) is 0 Å². The van der Waals surface area contributed by atoms with E-state index in [1.165, 1.54) is 11.1 Å². The zero-order valence-corrected chi connectivity index (χ0v) is 13.1. The van der Waals surface area contributed by atoms with E-state index in [2.05, 4.69) is 31.2 Å². The molecule has 110 valence electrons. The Morgan fingerprint density at radius 1 is 1.40 bits per heavy atom. The Morgan fingerprint density at radius 2 is 2.10 bits per heavy atom. The molecule has 1 saturated heterocycles. The van der Waals surface area contributed by atoms with Gasteiger partial charge in [-0.25, -0.2) is 0 Å². The van der Waals surface area contributed by atoms with Gasteiger partial charge in [0.05, 0.1) is 11.4 Å². The second-order valence-electron chi connectivity index (χ2n) is 5.86. The van der Waals surface area contributed by atoms with E-state index in [9.17, 15) is 9.90 Å². The number of thioether (sulfide) groups is 1. The first-order chi connectivity index (χ1) is 9.46. The third-order valence-electron chi connectivity index (χ3n) is 3.77. The van der Waals surface area contributed by atoms with Crippen molar-refractivity contribution in [1.29, 1.82) is 0 Å². The molecule has 2 rings (SSSR count). The molecular formula is C16H23NO2S. The van der Waals surface area contributed by atoms with Crippen molar-refractivity contribution in [1.82, 2.24) is 4.90 Å². The van der Waals surface area contributed by atoms with Gasteiger partial charge in [-0.2, -0.15) is 0 Å². The molecule has 0 aromatic heterocycles. The summed E-state index contributed by atoms with van der Waals surface area (Å²) in [4.78, 5) is 14.0. The fourth-order valence-electron chi connectivity index (χ4n) is 2.39. The van der Waals surface area contributed by atoms with Gasteiger partial charge in [0.25, 0.3) is 0 Å². The van der Waals surface area contributed by atoms with Crippen LogP contribution in [0.3, 0.4) is 0 Å². The van der Waals surface area contributed by atoms with Crippen LogP contribution in [-0.2, 0) is 10.5 Å². The van der Waals surface area contributed by atoms with Gasteiger partial charge in [0.1, 0.15) is 0 Å². The highest BCUT2D eigenvalue weighted by molar-refractivity contribution is 7.99. The van der Waals surface area contributed by atoms with Crippen molar-refractivity contribution in [3.63, 3.8) is 0 Å². The maximum atomic E-state index is 12.1. The van der Waals surface area contributed by atoms with E-state index in [1.54, 1.807) is 11.8 Å². The Balaban J connectivity index is 1.73. The summed E-state index contributed by atoms with van der Waals surface area (Å²) in [5.74, 6) is 1.59. The van der Waals surface area contributed by atoms with Crippen molar-refractivity contribution < 1.29 is 9.90 Å². The van der Waals surface area contributed by atoms with E-state index in [1.807, 2.05) is 11.8 Å². The van der Waals surface area contributed by atoms with Gasteiger partial charge in [0.15, 0.2) is 0 Å². The molecule has 0 radical (unpaired) electrons. The molecular weight excluding hydrogens is 270 g/mol. The highest BCUT2D eigenvalue weighted by atomic mass is 32.2. The average Bonchev–Trinajstić information content (AvgIpc) is 2.38. The number of hydrogen-bond donors (Lipinski definition) is 1. The van der Waals surface area contributed by atoms with Crippen molar-refractivity contribution in [2.45, 2.75) is 38.0 Å². The highest BCUT2D eigenvalue weighted by Crippen LogP contribution is 2.22. The second kappa shape index (κ2) is 6.64. The minimum atomic E-state index is -0.592. The average molecular weight is 293 g/mol. The smallest absolute Gasteiger partial charge is 0.232 e. The molecule has 0 unspecified atom stereocenters. The monoisotopic (exact) mass is 293 g/mol. The summed E-state index contributed by atoms with van der Waals surface area (Å²) in [6.07, 6.45) is 1.36. The molecule has 1 aliphatic heterocycles. The number of benzene rings is 1. The van der Waals surface area contributed by atoms with Crippen molar-refractivity contribution in [3.8, 4) is 0 Å². The van der Waals surface area contributed by atoms with Gasteiger partial charge in [-0.15, -0.1) is 11.8 Å². The quantitative estimate of drug-likeness (QED) is 0.927. The summed E-state index contributed by atoms with van der Waals surface area (Å²) >= 11 is 1.66. The van der Waals surface area contributed by atoms with Crippen LogP contribution < -0.4 is 0 Å². The van der Waals surface area contributed by atoms with Gasteiger partial charge < -0.3 is 10.0 Å². The Labute approximate surface area is 125 Å². The molecule has 0 bridgehead atoms. The number of nitrogens with zero attached hydrogens (tertiary/aromatic N) is 1. The molecule has 1 aromatic rings. The third-order valence-corrected chi connectivity index (χ3v) is 4.76. The summed E-state index contributed by atoms with van der Waals surface area (Å²) in [5, 5.41) is 9.88. The van der Waals surface area contributed by atoms with Crippen LogP contribution in [0, 0.1) is 6.92 Å². The molecule has 1 heterocycles. The lowest BCUT2D eigenvalue weighted by Crippen LogP contribution is -2.45. The summed E-state index contributed by atoms with van der Waals surface area (Å²) in [6, 6.07) is 8.40. The largest absolute Gasteiger partial charge is 0.390 e. The Bertz CT molecular complexity index is 463. The fraction of sp³-hybridized carbons (Fsp3) is 0.562. The Hall–Kier alpha value is -1.00. The van der Waals surface area contributed by atoms with Gasteiger partial charge in [0.2, 0.25) is 5.91 Å². The first kappa shape index (κ1) is 15.4. The molecule has 1 aromatic carbocycles. The lowest BCUT2D eigenvalue weighted by atomic mass is 9.94. The minimum absolute atomic E-state index is 0.193. The van der Waals surface area contributed by atoms with Gasteiger partial charge in [0, 0.05) is 18.8 Å². The summed E-state index contributed by atoms with van der Waals surface area (Å²) in [7, 11) is 0. The van der Waals surface area contributed by atoms with Crippen molar-refractivity contribution in [2.24, 2.45) is 0 Å². The summed E-state index contributed by atoms with van der Waals surface area (Å²) in [6.45, 7) is 5.29. The Morgan fingerprint density at radius 3 is 2.75 bits per heavy atom. The number of aliphatic hydroxyl groups is 1. The molecule has 0 saturated carbocycles. The molecule has 1 fully saturated rings. The predicted octanol–water partition coefficient (Wildman–Crippen LogP) is 2.60. The van der Waals surface area contributed by atoms with E-state index >= 15 is 0 Å². The number of likely N-dealkylation sites (tertiary alicyclic amines) is 1. The van der Waals surface area contributed by atoms with Crippen LogP contribution in [0.2, 0.25) is 0 Å². The number of amides is 1. The zero-order chi connectivity index (χ0) is 14.6. The van der Waals surface area contributed by atoms with Gasteiger partial charge in [-0.1, -0.05) is 29.8 Å². The van der Waals surface area contributed by atoms with Crippen LogP contribution in [0.1, 0.15) is 30.9 Å². The summed E-state index contributed by atoms with van der Waals surface area (Å²) in [5.41, 5.74) is 1.93. The SMILES string of the molecule is Cc1cccc(CSCC(=O)N2CCC(C)(O)CC2)c1. The zero-order valence-electron chi connectivity index (χ0n) is 12.3.